The van der Waals surface area contributed by atoms with Gasteiger partial charge >= 0.3 is 0 Å². The van der Waals surface area contributed by atoms with Crippen LogP contribution in [-0.2, 0) is 4.79 Å². The molecule has 1 aliphatic rings. The van der Waals surface area contributed by atoms with Crippen LogP contribution in [0.1, 0.15) is 12.8 Å². The summed E-state index contributed by atoms with van der Waals surface area (Å²) in [5.41, 5.74) is 2.19. The summed E-state index contributed by atoms with van der Waals surface area (Å²) >= 11 is 0. The van der Waals surface area contributed by atoms with Gasteiger partial charge in [-0.2, -0.15) is 0 Å². The first-order valence-electron chi connectivity index (χ1n) is 9.84. The van der Waals surface area contributed by atoms with Crippen LogP contribution in [-0.4, -0.2) is 60.5 Å². The van der Waals surface area contributed by atoms with Crippen molar-refractivity contribution in [1.29, 1.82) is 0 Å². The third kappa shape index (κ3) is 5.45. The number of nitrogens with one attached hydrogen (secondary N) is 4. The molecule has 0 aromatic carbocycles. The lowest BCUT2D eigenvalue weighted by molar-refractivity contribution is -0.127. The molecule has 29 heavy (non-hydrogen) atoms. The van der Waals surface area contributed by atoms with E-state index in [1.807, 2.05) is 43.3 Å². The molecule has 1 atom stereocenters. The average Bonchev–Trinajstić information content (AvgIpc) is 2.75. The molecule has 2 aromatic rings. The van der Waals surface area contributed by atoms with E-state index in [-0.39, 0.29) is 17.5 Å². The second-order valence-electron chi connectivity index (χ2n) is 7.04. The van der Waals surface area contributed by atoms with E-state index < -0.39 is 0 Å². The Bertz CT molecular complexity index is 923. The number of aromatic nitrogens is 2. The maximum Gasteiger partial charge on any atom is 0.271 e. The summed E-state index contributed by atoms with van der Waals surface area (Å²) in [6, 6.07) is 5.71. The summed E-state index contributed by atoms with van der Waals surface area (Å²) in [5, 5.41) is 9.34. The lowest BCUT2D eigenvalue weighted by Gasteiger charge is -2.33. The smallest absolute Gasteiger partial charge is 0.271 e. The van der Waals surface area contributed by atoms with Gasteiger partial charge in [-0.05, 0) is 43.7 Å². The van der Waals surface area contributed by atoms with Crippen molar-refractivity contribution in [1.82, 2.24) is 20.2 Å². The molecule has 4 N–H and O–H groups in total. The van der Waals surface area contributed by atoms with Crippen molar-refractivity contribution >= 4 is 17.4 Å². The Morgan fingerprint density at radius 3 is 3.00 bits per heavy atom. The number of anilines is 2. The molecule has 2 aromatic heterocycles. The highest BCUT2D eigenvalue weighted by Gasteiger charge is 2.23. The molecule has 3 heterocycles. The quantitative estimate of drug-likeness (QED) is 0.531. The molecule has 1 aliphatic heterocycles. The Kier molecular flexibility index (Phi) is 7.02. The molecule has 0 spiro atoms. The minimum absolute atomic E-state index is 0.00536. The third-order valence-electron chi connectivity index (χ3n) is 4.93. The standard InChI is InChI=1S/C21H28N6O2/c1-22-8-3-6-20(28)27-10-4-5-17(14-27)26-18-11-16(13-25-21(18)29)15-7-9-24-19(12-15)23-2/h3,6-7,9,11-13,17,22,26H,4-5,8,10,14H2,1-2H3,(H,23,24)(H,25,29)/t17-/m0/s1. The van der Waals surface area contributed by atoms with Crippen molar-refractivity contribution in [3.05, 3.63) is 53.1 Å². The molecule has 0 radical (unpaired) electrons. The van der Waals surface area contributed by atoms with Gasteiger partial charge in [0.1, 0.15) is 11.5 Å². The zero-order valence-corrected chi connectivity index (χ0v) is 16.9. The second kappa shape index (κ2) is 9.88. The first kappa shape index (κ1) is 20.6. The number of aromatic amines is 1. The Balaban J connectivity index is 1.72. The normalized spacial score (nSPS) is 16.8. The first-order valence-corrected chi connectivity index (χ1v) is 9.84. The van der Waals surface area contributed by atoms with Gasteiger partial charge in [0.05, 0.1) is 0 Å². The van der Waals surface area contributed by atoms with Crippen molar-refractivity contribution in [3.63, 3.8) is 0 Å². The molecular formula is C21H28N6O2. The number of nitrogens with zero attached hydrogens (tertiary/aromatic N) is 2. The van der Waals surface area contributed by atoms with Gasteiger partial charge in [-0.3, -0.25) is 9.59 Å². The number of likely N-dealkylation sites (tertiary alicyclic amines) is 1. The number of hydrogen-bond acceptors (Lipinski definition) is 6. The number of rotatable bonds is 7. The molecule has 8 nitrogen and oxygen atoms in total. The van der Waals surface area contributed by atoms with Gasteiger partial charge in [0.15, 0.2) is 0 Å². The van der Waals surface area contributed by atoms with E-state index in [9.17, 15) is 9.59 Å². The van der Waals surface area contributed by atoms with Crippen LogP contribution in [0.15, 0.2) is 47.5 Å². The van der Waals surface area contributed by atoms with Crippen molar-refractivity contribution in [2.24, 2.45) is 0 Å². The molecule has 0 unspecified atom stereocenters. The van der Waals surface area contributed by atoms with E-state index in [1.165, 1.54) is 0 Å². The largest absolute Gasteiger partial charge is 0.376 e. The van der Waals surface area contributed by atoms with Gasteiger partial charge in [-0.25, -0.2) is 4.98 Å². The second-order valence-corrected chi connectivity index (χ2v) is 7.04. The molecule has 0 saturated carbocycles. The Morgan fingerprint density at radius 2 is 2.21 bits per heavy atom. The monoisotopic (exact) mass is 396 g/mol. The lowest BCUT2D eigenvalue weighted by atomic mass is 10.0. The predicted molar refractivity (Wildman–Crippen MR) is 116 cm³/mol. The van der Waals surface area contributed by atoms with Gasteiger partial charge in [0, 0.05) is 56.8 Å². The molecule has 1 amide bonds. The van der Waals surface area contributed by atoms with Crippen LogP contribution >= 0.6 is 0 Å². The van der Waals surface area contributed by atoms with Crippen LogP contribution in [0.2, 0.25) is 0 Å². The van der Waals surface area contributed by atoms with Crippen molar-refractivity contribution < 1.29 is 4.79 Å². The Morgan fingerprint density at radius 1 is 1.34 bits per heavy atom. The molecule has 1 saturated heterocycles. The maximum atomic E-state index is 12.3. The van der Waals surface area contributed by atoms with Crippen LogP contribution < -0.4 is 21.5 Å². The number of hydrogen-bond donors (Lipinski definition) is 4. The molecule has 1 fully saturated rings. The summed E-state index contributed by atoms with van der Waals surface area (Å²) in [6.45, 7) is 1.97. The SMILES string of the molecule is CNCC=CC(=O)N1CCC[C@H](Nc2cc(-c3ccnc(NC)c3)c[nH]c2=O)C1. The van der Waals surface area contributed by atoms with E-state index in [0.29, 0.717) is 18.8 Å². The van der Waals surface area contributed by atoms with E-state index in [4.69, 9.17) is 0 Å². The number of likely N-dealkylation sites (N-methyl/N-ethyl adjacent to an activating group) is 1. The number of pyridine rings is 2. The van der Waals surface area contributed by atoms with Gasteiger partial charge in [0.2, 0.25) is 5.91 Å². The Labute approximate surface area is 170 Å². The topological polar surface area (TPSA) is 102 Å². The van der Waals surface area contributed by atoms with Gasteiger partial charge < -0.3 is 25.8 Å². The van der Waals surface area contributed by atoms with E-state index in [0.717, 1.165) is 36.3 Å². The highest BCUT2D eigenvalue weighted by Crippen LogP contribution is 2.22. The highest BCUT2D eigenvalue weighted by atomic mass is 16.2. The van der Waals surface area contributed by atoms with Crippen molar-refractivity contribution in [2.45, 2.75) is 18.9 Å². The molecule has 154 valence electrons. The predicted octanol–water partition coefficient (Wildman–Crippen LogP) is 1.66. The van der Waals surface area contributed by atoms with E-state index in [2.05, 4.69) is 25.9 Å². The summed E-state index contributed by atoms with van der Waals surface area (Å²) in [7, 11) is 3.66. The van der Waals surface area contributed by atoms with Crippen LogP contribution in [0.4, 0.5) is 11.5 Å². The lowest BCUT2D eigenvalue weighted by Crippen LogP contribution is -2.45. The number of amides is 1. The number of carbonyl (C=O) groups excluding carboxylic acids is 1. The average molecular weight is 396 g/mol. The van der Waals surface area contributed by atoms with E-state index in [1.54, 1.807) is 18.5 Å². The zero-order valence-electron chi connectivity index (χ0n) is 16.9. The number of H-pyrrole nitrogens is 1. The maximum absolute atomic E-state index is 12.3. The fraction of sp³-hybridized carbons (Fsp3) is 0.381. The summed E-state index contributed by atoms with van der Waals surface area (Å²) in [6.07, 6.45) is 8.66. The fourth-order valence-electron chi connectivity index (χ4n) is 3.40. The summed E-state index contributed by atoms with van der Waals surface area (Å²) in [5.74, 6) is 0.766. The summed E-state index contributed by atoms with van der Waals surface area (Å²) in [4.78, 5) is 33.5. The molecule has 8 heteroatoms. The van der Waals surface area contributed by atoms with E-state index >= 15 is 0 Å². The molecule has 3 rings (SSSR count). The minimum Gasteiger partial charge on any atom is -0.376 e. The van der Waals surface area contributed by atoms with Gasteiger partial charge in [-0.15, -0.1) is 0 Å². The van der Waals surface area contributed by atoms with Crippen LogP contribution in [0.3, 0.4) is 0 Å². The Hall–Kier alpha value is -3.13. The minimum atomic E-state index is -0.172. The van der Waals surface area contributed by atoms with Crippen LogP contribution in [0.5, 0.6) is 0 Å². The number of piperidine rings is 1. The first-order chi connectivity index (χ1) is 14.1. The fourth-order valence-corrected chi connectivity index (χ4v) is 3.40. The van der Waals surface area contributed by atoms with Crippen LogP contribution in [0.25, 0.3) is 11.1 Å². The zero-order chi connectivity index (χ0) is 20.6. The van der Waals surface area contributed by atoms with Gasteiger partial charge in [0.25, 0.3) is 5.56 Å². The van der Waals surface area contributed by atoms with Crippen molar-refractivity contribution in [3.8, 4) is 11.1 Å². The molecular weight excluding hydrogens is 368 g/mol. The van der Waals surface area contributed by atoms with Crippen LogP contribution in [0, 0.1) is 0 Å². The highest BCUT2D eigenvalue weighted by molar-refractivity contribution is 5.87. The van der Waals surface area contributed by atoms with Crippen molar-refractivity contribution in [2.75, 3.05) is 44.4 Å². The molecule has 0 bridgehead atoms. The summed E-state index contributed by atoms with van der Waals surface area (Å²) < 4.78 is 0. The molecule has 0 aliphatic carbocycles. The number of carbonyl (C=O) groups is 1. The van der Waals surface area contributed by atoms with Gasteiger partial charge in [-0.1, -0.05) is 6.08 Å². The third-order valence-corrected chi connectivity index (χ3v) is 4.93.